The zero-order chi connectivity index (χ0) is 10.4. The maximum Gasteiger partial charge on any atom is 0.0897 e. The van der Waals surface area contributed by atoms with Gasteiger partial charge in [0, 0.05) is 17.2 Å². The maximum absolute atomic E-state index is 4.40. The first-order valence-corrected chi connectivity index (χ1v) is 7.03. The lowest BCUT2D eigenvalue weighted by Gasteiger charge is -2.07. The van der Waals surface area contributed by atoms with Crippen LogP contribution in [-0.2, 0) is 6.54 Å². The third-order valence-electron chi connectivity index (χ3n) is 2.10. The molecule has 14 heavy (non-hydrogen) atoms. The number of aryl methyl sites for hydroxylation is 1. The number of hydrogen-bond acceptors (Lipinski definition) is 4. The molecule has 1 heterocycles. The minimum atomic E-state index is 0.750. The van der Waals surface area contributed by atoms with Crippen molar-refractivity contribution in [3.05, 3.63) is 16.1 Å². The highest BCUT2D eigenvalue weighted by molar-refractivity contribution is 7.99. The Labute approximate surface area is 94.5 Å². The number of rotatable bonds is 6. The van der Waals surface area contributed by atoms with Crippen molar-refractivity contribution in [1.29, 1.82) is 0 Å². The molecule has 4 heteroatoms. The summed E-state index contributed by atoms with van der Waals surface area (Å²) in [5.41, 5.74) is 1.17. The van der Waals surface area contributed by atoms with Crippen molar-refractivity contribution in [1.82, 2.24) is 10.3 Å². The molecule has 1 rings (SSSR count). The number of nitrogens with one attached hydrogen (secondary N) is 1. The van der Waals surface area contributed by atoms with Gasteiger partial charge in [-0.15, -0.1) is 11.3 Å². The van der Waals surface area contributed by atoms with Crippen LogP contribution in [0.2, 0.25) is 0 Å². The van der Waals surface area contributed by atoms with Crippen molar-refractivity contribution in [2.45, 2.75) is 32.1 Å². The number of nitrogens with zero attached hydrogens (tertiary/aromatic N) is 1. The Bertz CT molecular complexity index is 260. The average molecular weight is 230 g/mol. The number of thiazole rings is 1. The fourth-order valence-corrected chi connectivity index (χ4v) is 2.10. The number of thioether (sulfide) groups is 1. The molecule has 0 bridgehead atoms. The van der Waals surface area contributed by atoms with Crippen LogP contribution in [0.25, 0.3) is 0 Å². The van der Waals surface area contributed by atoms with Gasteiger partial charge in [-0.3, -0.25) is 0 Å². The Morgan fingerprint density at radius 2 is 2.43 bits per heavy atom. The van der Waals surface area contributed by atoms with E-state index in [1.54, 1.807) is 11.3 Å². The van der Waals surface area contributed by atoms with Gasteiger partial charge in [0.05, 0.1) is 10.7 Å². The smallest absolute Gasteiger partial charge is 0.0897 e. The molecule has 1 aromatic heterocycles. The van der Waals surface area contributed by atoms with Gasteiger partial charge in [-0.05, 0) is 26.1 Å². The predicted molar refractivity (Wildman–Crippen MR) is 66.2 cm³/mol. The molecule has 0 aromatic carbocycles. The van der Waals surface area contributed by atoms with Crippen LogP contribution < -0.4 is 5.32 Å². The molecule has 0 amide bonds. The highest BCUT2D eigenvalue weighted by atomic mass is 32.2. The topological polar surface area (TPSA) is 24.9 Å². The van der Waals surface area contributed by atoms with Crippen LogP contribution in [-0.4, -0.2) is 23.0 Å². The molecule has 2 nitrogen and oxygen atoms in total. The molecule has 1 aromatic rings. The minimum Gasteiger partial charge on any atom is -0.311 e. The van der Waals surface area contributed by atoms with Crippen molar-refractivity contribution in [3.8, 4) is 0 Å². The van der Waals surface area contributed by atoms with Gasteiger partial charge in [-0.25, -0.2) is 4.98 Å². The Hall–Kier alpha value is -0.0600. The SMILES string of the molecule is CSC(C)CCNCc1csc(C)n1. The van der Waals surface area contributed by atoms with E-state index in [1.165, 1.54) is 12.1 Å². The molecule has 80 valence electrons. The van der Waals surface area contributed by atoms with Gasteiger partial charge in [0.2, 0.25) is 0 Å². The van der Waals surface area contributed by atoms with Gasteiger partial charge in [-0.2, -0.15) is 11.8 Å². The van der Waals surface area contributed by atoms with Crippen molar-refractivity contribution < 1.29 is 0 Å². The third kappa shape index (κ3) is 4.44. The van der Waals surface area contributed by atoms with E-state index in [4.69, 9.17) is 0 Å². The Morgan fingerprint density at radius 1 is 1.64 bits per heavy atom. The fourth-order valence-electron chi connectivity index (χ4n) is 1.13. The van der Waals surface area contributed by atoms with E-state index in [-0.39, 0.29) is 0 Å². The maximum atomic E-state index is 4.40. The standard InChI is InChI=1S/C10H18N2S2/c1-8(13-3)4-5-11-6-10-7-14-9(2)12-10/h7-8,11H,4-6H2,1-3H3. The zero-order valence-electron chi connectivity index (χ0n) is 9.04. The first-order valence-electron chi connectivity index (χ1n) is 4.87. The molecule has 1 N–H and O–H groups in total. The summed E-state index contributed by atoms with van der Waals surface area (Å²) in [4.78, 5) is 4.40. The summed E-state index contributed by atoms with van der Waals surface area (Å²) in [6, 6.07) is 0. The van der Waals surface area contributed by atoms with Gasteiger partial charge >= 0.3 is 0 Å². The van der Waals surface area contributed by atoms with Gasteiger partial charge in [0.15, 0.2) is 0 Å². The summed E-state index contributed by atoms with van der Waals surface area (Å²) in [6.45, 7) is 6.30. The van der Waals surface area contributed by atoms with E-state index in [0.717, 1.165) is 23.3 Å². The van der Waals surface area contributed by atoms with E-state index in [1.807, 2.05) is 18.7 Å². The highest BCUT2D eigenvalue weighted by Crippen LogP contribution is 2.09. The highest BCUT2D eigenvalue weighted by Gasteiger charge is 2.00. The molecule has 0 saturated heterocycles. The molecule has 1 atom stereocenters. The third-order valence-corrected chi connectivity index (χ3v) is 3.97. The Balaban J connectivity index is 2.10. The summed E-state index contributed by atoms with van der Waals surface area (Å²) >= 11 is 3.64. The lowest BCUT2D eigenvalue weighted by Crippen LogP contribution is -2.17. The van der Waals surface area contributed by atoms with Crippen molar-refractivity contribution in [2.24, 2.45) is 0 Å². The molecule has 1 unspecified atom stereocenters. The van der Waals surface area contributed by atoms with Crippen LogP contribution in [0.15, 0.2) is 5.38 Å². The Morgan fingerprint density at radius 3 is 3.00 bits per heavy atom. The molecule has 0 aliphatic carbocycles. The van der Waals surface area contributed by atoms with E-state index in [0.29, 0.717) is 0 Å². The summed E-state index contributed by atoms with van der Waals surface area (Å²) in [6.07, 6.45) is 3.39. The quantitative estimate of drug-likeness (QED) is 0.761. The zero-order valence-corrected chi connectivity index (χ0v) is 10.7. The van der Waals surface area contributed by atoms with Crippen LogP contribution in [0, 0.1) is 6.92 Å². The van der Waals surface area contributed by atoms with E-state index >= 15 is 0 Å². The largest absolute Gasteiger partial charge is 0.311 e. The molecule has 0 aliphatic heterocycles. The minimum absolute atomic E-state index is 0.750. The summed E-state index contributed by atoms with van der Waals surface area (Å²) < 4.78 is 0. The van der Waals surface area contributed by atoms with Crippen LogP contribution in [0.4, 0.5) is 0 Å². The molecule has 0 aliphatic rings. The second-order valence-corrected chi connectivity index (χ2v) is 5.71. The number of hydrogen-bond donors (Lipinski definition) is 1. The Kier molecular flexibility index (Phi) is 5.52. The van der Waals surface area contributed by atoms with Crippen LogP contribution >= 0.6 is 23.1 Å². The molecule has 0 spiro atoms. The van der Waals surface area contributed by atoms with Crippen LogP contribution in [0.1, 0.15) is 24.0 Å². The summed E-state index contributed by atoms with van der Waals surface area (Å²) in [5, 5.41) is 7.44. The van der Waals surface area contributed by atoms with Gasteiger partial charge in [-0.1, -0.05) is 6.92 Å². The summed E-state index contributed by atoms with van der Waals surface area (Å²) in [5.74, 6) is 0. The van der Waals surface area contributed by atoms with Crippen molar-refractivity contribution in [3.63, 3.8) is 0 Å². The average Bonchev–Trinajstić information content (AvgIpc) is 2.58. The molecule has 0 radical (unpaired) electrons. The lowest BCUT2D eigenvalue weighted by atomic mass is 10.3. The molecule has 0 fully saturated rings. The number of aromatic nitrogens is 1. The van der Waals surface area contributed by atoms with Gasteiger partial charge < -0.3 is 5.32 Å². The van der Waals surface area contributed by atoms with E-state index in [2.05, 4.69) is 28.9 Å². The van der Waals surface area contributed by atoms with Crippen molar-refractivity contribution in [2.75, 3.05) is 12.8 Å². The van der Waals surface area contributed by atoms with Crippen LogP contribution in [0.5, 0.6) is 0 Å². The second-order valence-electron chi connectivity index (χ2n) is 3.37. The van der Waals surface area contributed by atoms with E-state index in [9.17, 15) is 0 Å². The first kappa shape index (κ1) is 12.0. The lowest BCUT2D eigenvalue weighted by molar-refractivity contribution is 0.641. The normalized spacial score (nSPS) is 13.1. The fraction of sp³-hybridized carbons (Fsp3) is 0.700. The predicted octanol–water partition coefficient (Wildman–Crippen LogP) is 2.68. The van der Waals surface area contributed by atoms with E-state index < -0.39 is 0 Å². The molecule has 0 saturated carbocycles. The van der Waals surface area contributed by atoms with Crippen LogP contribution in [0.3, 0.4) is 0 Å². The van der Waals surface area contributed by atoms with Gasteiger partial charge in [0.25, 0.3) is 0 Å². The summed E-state index contributed by atoms with van der Waals surface area (Å²) in [7, 11) is 0. The van der Waals surface area contributed by atoms with Gasteiger partial charge in [0.1, 0.15) is 0 Å². The first-order chi connectivity index (χ1) is 6.72. The molecular weight excluding hydrogens is 212 g/mol. The monoisotopic (exact) mass is 230 g/mol. The molecular formula is C10H18N2S2. The second kappa shape index (κ2) is 6.43. The van der Waals surface area contributed by atoms with Crippen molar-refractivity contribution >= 4 is 23.1 Å².